The number of fused-ring (bicyclic) bond motifs is 1. The van der Waals surface area contributed by atoms with Gasteiger partial charge in [0, 0.05) is 50.1 Å². The van der Waals surface area contributed by atoms with Crippen molar-refractivity contribution in [3.05, 3.63) is 48.2 Å². The Labute approximate surface area is 175 Å². The number of carbonyl (C=O) groups excluding carboxylic acids is 1. The maximum atomic E-state index is 13.3. The van der Waals surface area contributed by atoms with Gasteiger partial charge in [-0.1, -0.05) is 12.1 Å². The lowest BCUT2D eigenvalue weighted by Crippen LogP contribution is -2.45. The molecule has 0 unspecified atom stereocenters. The van der Waals surface area contributed by atoms with Crippen LogP contribution in [0.25, 0.3) is 11.0 Å². The number of hydrogen-bond acceptors (Lipinski definition) is 7. The van der Waals surface area contributed by atoms with Crippen LogP contribution < -0.4 is 19.7 Å². The predicted molar refractivity (Wildman–Crippen MR) is 117 cm³/mol. The Morgan fingerprint density at radius 2 is 1.53 bits per heavy atom. The molecule has 1 aromatic heterocycles. The third-order valence-corrected chi connectivity index (χ3v) is 5.18. The van der Waals surface area contributed by atoms with Gasteiger partial charge < -0.3 is 24.6 Å². The van der Waals surface area contributed by atoms with E-state index in [1.54, 1.807) is 32.4 Å². The maximum Gasteiger partial charge on any atom is 0.278 e. The molecule has 0 atom stereocenters. The Hall–Kier alpha value is -3.39. The lowest BCUT2D eigenvalue weighted by Gasteiger charge is -2.33. The van der Waals surface area contributed by atoms with Gasteiger partial charge in [-0.3, -0.25) is 4.79 Å². The molecule has 1 amide bonds. The van der Waals surface area contributed by atoms with Crippen LogP contribution in [0.1, 0.15) is 10.5 Å². The van der Waals surface area contributed by atoms with Crippen molar-refractivity contribution in [2.75, 3.05) is 57.7 Å². The largest absolute Gasteiger partial charge is 0.497 e. The number of likely N-dealkylation sites (N-methyl/N-ethyl adjacent to an activating group) is 1. The van der Waals surface area contributed by atoms with E-state index in [4.69, 9.17) is 14.5 Å². The molecule has 0 aliphatic carbocycles. The van der Waals surface area contributed by atoms with Crippen molar-refractivity contribution >= 4 is 28.4 Å². The zero-order chi connectivity index (χ0) is 21.1. The van der Waals surface area contributed by atoms with E-state index in [0.717, 1.165) is 31.7 Å². The predicted octanol–water partition coefficient (Wildman–Crippen LogP) is 2.65. The molecular weight excluding hydrogens is 382 g/mol. The van der Waals surface area contributed by atoms with Gasteiger partial charge in [0.25, 0.3) is 5.91 Å². The number of aromatic nitrogens is 2. The molecule has 2 aromatic carbocycles. The lowest BCUT2D eigenvalue weighted by atomic mass is 10.2. The van der Waals surface area contributed by atoms with Gasteiger partial charge in [-0.25, -0.2) is 9.97 Å². The van der Waals surface area contributed by atoms with E-state index in [1.165, 1.54) is 0 Å². The summed E-state index contributed by atoms with van der Waals surface area (Å²) in [5.74, 6) is 1.47. The van der Waals surface area contributed by atoms with Crippen molar-refractivity contribution in [2.45, 2.75) is 0 Å². The molecule has 156 valence electrons. The van der Waals surface area contributed by atoms with Gasteiger partial charge >= 0.3 is 0 Å². The van der Waals surface area contributed by atoms with Crippen LogP contribution in [0.5, 0.6) is 11.5 Å². The second-order valence-corrected chi connectivity index (χ2v) is 7.23. The molecule has 0 spiro atoms. The highest BCUT2D eigenvalue weighted by atomic mass is 16.5. The fraction of sp³-hybridized carbons (Fsp3) is 0.318. The van der Waals surface area contributed by atoms with Gasteiger partial charge in [0.1, 0.15) is 11.5 Å². The molecule has 8 nitrogen and oxygen atoms in total. The van der Waals surface area contributed by atoms with Gasteiger partial charge in [-0.15, -0.1) is 0 Å². The average molecular weight is 407 g/mol. The van der Waals surface area contributed by atoms with Gasteiger partial charge in [0.15, 0.2) is 11.5 Å². The van der Waals surface area contributed by atoms with E-state index in [1.807, 2.05) is 24.3 Å². The first-order chi connectivity index (χ1) is 14.6. The minimum atomic E-state index is -0.322. The van der Waals surface area contributed by atoms with E-state index in [-0.39, 0.29) is 5.91 Å². The molecule has 1 aliphatic rings. The molecule has 0 radical (unpaired) electrons. The van der Waals surface area contributed by atoms with Crippen molar-refractivity contribution in [1.82, 2.24) is 14.9 Å². The van der Waals surface area contributed by atoms with E-state index in [0.29, 0.717) is 34.2 Å². The Morgan fingerprint density at radius 3 is 2.13 bits per heavy atom. The highest BCUT2D eigenvalue weighted by Crippen LogP contribution is 2.27. The van der Waals surface area contributed by atoms with Crippen LogP contribution in [0.15, 0.2) is 42.5 Å². The van der Waals surface area contributed by atoms with Gasteiger partial charge in [-0.05, 0) is 19.2 Å². The van der Waals surface area contributed by atoms with E-state index >= 15 is 0 Å². The molecule has 8 heteroatoms. The summed E-state index contributed by atoms with van der Waals surface area (Å²) >= 11 is 0. The fourth-order valence-electron chi connectivity index (χ4n) is 3.45. The Morgan fingerprint density at radius 1 is 0.933 bits per heavy atom. The van der Waals surface area contributed by atoms with Crippen LogP contribution in [0.2, 0.25) is 0 Å². The summed E-state index contributed by atoms with van der Waals surface area (Å²) in [5, 5.41) is 2.92. The molecule has 1 fully saturated rings. The van der Waals surface area contributed by atoms with E-state index < -0.39 is 0 Å². The second-order valence-electron chi connectivity index (χ2n) is 7.23. The van der Waals surface area contributed by atoms with Gasteiger partial charge in [0.2, 0.25) is 0 Å². The summed E-state index contributed by atoms with van der Waals surface area (Å²) < 4.78 is 10.6. The van der Waals surface area contributed by atoms with Crippen LogP contribution in [0.4, 0.5) is 11.5 Å². The quantitative estimate of drug-likeness (QED) is 0.696. The third-order valence-electron chi connectivity index (χ3n) is 5.18. The first-order valence-corrected chi connectivity index (χ1v) is 9.82. The molecule has 1 aliphatic heterocycles. The van der Waals surface area contributed by atoms with Crippen LogP contribution in [-0.4, -0.2) is 68.2 Å². The van der Waals surface area contributed by atoms with Crippen LogP contribution in [0.3, 0.4) is 0 Å². The summed E-state index contributed by atoms with van der Waals surface area (Å²) in [5.41, 5.74) is 2.32. The van der Waals surface area contributed by atoms with Gasteiger partial charge in [-0.2, -0.15) is 0 Å². The van der Waals surface area contributed by atoms with E-state index in [9.17, 15) is 4.79 Å². The van der Waals surface area contributed by atoms with E-state index in [2.05, 4.69) is 27.1 Å². The summed E-state index contributed by atoms with van der Waals surface area (Å²) in [7, 11) is 5.23. The number of hydrogen-bond donors (Lipinski definition) is 1. The molecule has 0 bridgehead atoms. The monoisotopic (exact) mass is 407 g/mol. The van der Waals surface area contributed by atoms with Crippen molar-refractivity contribution in [3.8, 4) is 11.5 Å². The number of benzene rings is 2. The number of methoxy groups -OCH3 is 2. The number of nitrogens with zero attached hydrogens (tertiary/aromatic N) is 4. The summed E-state index contributed by atoms with van der Waals surface area (Å²) in [6, 6.07) is 12.8. The molecule has 1 saturated heterocycles. The Balaban J connectivity index is 1.71. The highest BCUT2D eigenvalue weighted by Gasteiger charge is 2.24. The molecular formula is C22H25N5O3. The summed E-state index contributed by atoms with van der Waals surface area (Å²) in [4.78, 5) is 27.1. The van der Waals surface area contributed by atoms with Crippen molar-refractivity contribution in [1.29, 1.82) is 0 Å². The first-order valence-electron chi connectivity index (χ1n) is 9.82. The Kier molecular flexibility index (Phi) is 5.67. The molecule has 1 N–H and O–H groups in total. The van der Waals surface area contributed by atoms with Crippen molar-refractivity contribution < 1.29 is 14.3 Å². The molecule has 4 rings (SSSR count). The number of carbonyl (C=O) groups is 1. The summed E-state index contributed by atoms with van der Waals surface area (Å²) in [6.07, 6.45) is 0. The highest BCUT2D eigenvalue weighted by molar-refractivity contribution is 6.07. The molecule has 2 heterocycles. The fourth-order valence-corrected chi connectivity index (χ4v) is 3.45. The third kappa shape index (κ3) is 4.13. The minimum absolute atomic E-state index is 0.306. The summed E-state index contributed by atoms with van der Waals surface area (Å²) in [6.45, 7) is 3.39. The standard InChI is InChI=1S/C22H25N5O3/c1-26-8-10-27(11-9-26)21-20(24-18-6-4-5-7-19(18)25-21)22(28)23-15-12-16(29-2)14-17(13-15)30-3/h4-7,12-14H,8-11H2,1-3H3,(H,23,28). The molecule has 3 aromatic rings. The number of ether oxygens (including phenoxy) is 2. The number of rotatable bonds is 5. The molecule has 0 saturated carbocycles. The smallest absolute Gasteiger partial charge is 0.278 e. The van der Waals surface area contributed by atoms with Crippen LogP contribution >= 0.6 is 0 Å². The first kappa shape index (κ1) is 19.9. The zero-order valence-electron chi connectivity index (χ0n) is 17.4. The minimum Gasteiger partial charge on any atom is -0.497 e. The number of para-hydroxylation sites is 2. The number of anilines is 2. The van der Waals surface area contributed by atoms with Crippen LogP contribution in [0, 0.1) is 0 Å². The Bertz CT molecular complexity index is 1040. The van der Waals surface area contributed by atoms with Gasteiger partial charge in [0.05, 0.1) is 25.3 Å². The van der Waals surface area contributed by atoms with Crippen molar-refractivity contribution in [3.63, 3.8) is 0 Å². The zero-order valence-corrected chi connectivity index (χ0v) is 17.4. The maximum absolute atomic E-state index is 13.3. The van der Waals surface area contributed by atoms with Crippen LogP contribution in [-0.2, 0) is 0 Å². The SMILES string of the molecule is COc1cc(NC(=O)c2nc3ccccc3nc2N2CCN(C)CC2)cc(OC)c1. The molecule has 30 heavy (non-hydrogen) atoms. The number of nitrogens with one attached hydrogen (secondary N) is 1. The lowest BCUT2D eigenvalue weighted by molar-refractivity contribution is 0.102. The van der Waals surface area contributed by atoms with Crippen molar-refractivity contribution in [2.24, 2.45) is 0 Å². The number of piperazine rings is 1. The topological polar surface area (TPSA) is 79.8 Å². The average Bonchev–Trinajstić information content (AvgIpc) is 2.78. The number of amides is 1. The second kappa shape index (κ2) is 8.54. The normalized spacial score (nSPS) is 14.6.